The summed E-state index contributed by atoms with van der Waals surface area (Å²) in [5.74, 6) is 0. The molecule has 1 aromatic rings. The number of benzene rings is 1. The van der Waals surface area contributed by atoms with E-state index in [0.29, 0.717) is 11.4 Å². The fraction of sp³-hybridized carbons (Fsp3) is 0.600. The SMILES string of the molecule is CCCN(C1CCNC1)S(=O)(=O)c1cc(C)ccc1C.Cl. The van der Waals surface area contributed by atoms with Crippen LogP contribution in [0.25, 0.3) is 0 Å². The van der Waals surface area contributed by atoms with Crippen molar-refractivity contribution in [1.82, 2.24) is 9.62 Å². The van der Waals surface area contributed by atoms with Crippen LogP contribution in [0, 0.1) is 13.8 Å². The van der Waals surface area contributed by atoms with Crippen LogP contribution in [-0.2, 0) is 10.0 Å². The lowest BCUT2D eigenvalue weighted by Gasteiger charge is -2.28. The van der Waals surface area contributed by atoms with Gasteiger partial charge >= 0.3 is 0 Å². The average Bonchev–Trinajstić information content (AvgIpc) is 2.92. The van der Waals surface area contributed by atoms with E-state index in [2.05, 4.69) is 5.32 Å². The number of hydrogen-bond donors (Lipinski definition) is 1. The van der Waals surface area contributed by atoms with E-state index in [1.807, 2.05) is 32.9 Å². The Morgan fingerprint density at radius 1 is 1.33 bits per heavy atom. The van der Waals surface area contributed by atoms with Gasteiger partial charge in [-0.15, -0.1) is 12.4 Å². The molecule has 1 saturated heterocycles. The minimum Gasteiger partial charge on any atom is -0.315 e. The smallest absolute Gasteiger partial charge is 0.243 e. The molecule has 0 aromatic heterocycles. The summed E-state index contributed by atoms with van der Waals surface area (Å²) in [5, 5.41) is 3.25. The zero-order chi connectivity index (χ0) is 14.8. The molecule has 1 aliphatic heterocycles. The van der Waals surface area contributed by atoms with Crippen molar-refractivity contribution in [3.8, 4) is 0 Å². The Hall–Kier alpha value is -0.620. The minimum absolute atomic E-state index is 0. The van der Waals surface area contributed by atoms with Gasteiger partial charge in [0.1, 0.15) is 0 Å². The molecule has 21 heavy (non-hydrogen) atoms. The summed E-state index contributed by atoms with van der Waals surface area (Å²) >= 11 is 0. The lowest BCUT2D eigenvalue weighted by molar-refractivity contribution is 0.335. The molecule has 120 valence electrons. The van der Waals surface area contributed by atoms with E-state index >= 15 is 0 Å². The van der Waals surface area contributed by atoms with Crippen LogP contribution in [-0.4, -0.2) is 38.4 Å². The maximum atomic E-state index is 13.0. The molecule has 4 nitrogen and oxygen atoms in total. The summed E-state index contributed by atoms with van der Waals surface area (Å²) in [7, 11) is -3.41. The third-order valence-corrected chi connectivity index (χ3v) is 5.91. The van der Waals surface area contributed by atoms with Crippen LogP contribution in [0.1, 0.15) is 30.9 Å². The molecule has 0 saturated carbocycles. The third kappa shape index (κ3) is 3.97. The van der Waals surface area contributed by atoms with Gasteiger partial charge in [0.15, 0.2) is 0 Å². The molecule has 1 atom stereocenters. The van der Waals surface area contributed by atoms with Crippen LogP contribution in [0.3, 0.4) is 0 Å². The molecule has 0 amide bonds. The minimum atomic E-state index is -3.41. The van der Waals surface area contributed by atoms with E-state index in [0.717, 1.165) is 37.1 Å². The van der Waals surface area contributed by atoms with Gasteiger partial charge in [-0.3, -0.25) is 0 Å². The van der Waals surface area contributed by atoms with Crippen LogP contribution in [0.4, 0.5) is 0 Å². The van der Waals surface area contributed by atoms with Crippen molar-refractivity contribution >= 4 is 22.4 Å². The van der Waals surface area contributed by atoms with Gasteiger partial charge < -0.3 is 5.32 Å². The standard InChI is InChI=1S/C15H24N2O2S.ClH/c1-4-9-17(14-7-8-16-11-14)20(18,19)15-10-12(2)5-6-13(15)3;/h5-6,10,14,16H,4,7-9,11H2,1-3H3;1H. The first kappa shape index (κ1) is 18.4. The van der Waals surface area contributed by atoms with Crippen molar-refractivity contribution in [3.63, 3.8) is 0 Å². The zero-order valence-corrected chi connectivity index (χ0v) is 14.6. The number of halogens is 1. The van der Waals surface area contributed by atoms with Crippen LogP contribution in [0.2, 0.25) is 0 Å². The van der Waals surface area contributed by atoms with E-state index in [4.69, 9.17) is 0 Å². The fourth-order valence-electron chi connectivity index (χ4n) is 2.72. The Morgan fingerprint density at radius 3 is 2.62 bits per heavy atom. The van der Waals surface area contributed by atoms with Gasteiger partial charge in [-0.2, -0.15) is 4.31 Å². The second kappa shape index (κ2) is 7.58. The van der Waals surface area contributed by atoms with Crippen LogP contribution in [0.5, 0.6) is 0 Å². The lowest BCUT2D eigenvalue weighted by atomic mass is 10.2. The second-order valence-electron chi connectivity index (χ2n) is 5.53. The molecule has 0 bridgehead atoms. The molecule has 6 heteroatoms. The van der Waals surface area contributed by atoms with E-state index in [-0.39, 0.29) is 18.4 Å². The summed E-state index contributed by atoms with van der Waals surface area (Å²) in [6.45, 7) is 8.05. The normalized spacial score (nSPS) is 18.8. The zero-order valence-electron chi connectivity index (χ0n) is 12.9. The fourth-order valence-corrected chi connectivity index (χ4v) is 4.77. The first-order valence-electron chi connectivity index (χ1n) is 7.26. The predicted molar refractivity (Wildman–Crippen MR) is 88.6 cm³/mol. The van der Waals surface area contributed by atoms with Crippen LogP contribution >= 0.6 is 12.4 Å². The maximum Gasteiger partial charge on any atom is 0.243 e. The number of hydrogen-bond acceptors (Lipinski definition) is 3. The molecule has 1 aliphatic rings. The summed E-state index contributed by atoms with van der Waals surface area (Å²) in [6.07, 6.45) is 1.73. The molecule has 0 aliphatic carbocycles. The molecule has 0 spiro atoms. The van der Waals surface area contributed by atoms with E-state index in [9.17, 15) is 8.42 Å². The quantitative estimate of drug-likeness (QED) is 0.901. The monoisotopic (exact) mass is 332 g/mol. The molecule has 0 radical (unpaired) electrons. The van der Waals surface area contributed by atoms with Crippen LogP contribution in [0.15, 0.2) is 23.1 Å². The van der Waals surface area contributed by atoms with Gasteiger partial charge in [0, 0.05) is 19.1 Å². The molecule has 1 fully saturated rings. The summed E-state index contributed by atoms with van der Waals surface area (Å²) in [5.41, 5.74) is 1.80. The van der Waals surface area contributed by atoms with Crippen LogP contribution < -0.4 is 5.32 Å². The van der Waals surface area contributed by atoms with Crippen molar-refractivity contribution in [2.45, 2.75) is 44.6 Å². The Balaban J connectivity index is 0.00000220. The molecule has 1 N–H and O–H groups in total. The number of sulfonamides is 1. The number of nitrogens with zero attached hydrogens (tertiary/aromatic N) is 1. The summed E-state index contributed by atoms with van der Waals surface area (Å²) < 4.78 is 27.7. The Kier molecular flexibility index (Phi) is 6.66. The Bertz CT molecular complexity index is 569. The predicted octanol–water partition coefficient (Wildman–Crippen LogP) is 2.49. The number of aryl methyl sites for hydroxylation is 2. The van der Waals surface area contributed by atoms with Gasteiger partial charge in [-0.25, -0.2) is 8.42 Å². The van der Waals surface area contributed by atoms with E-state index < -0.39 is 10.0 Å². The lowest BCUT2D eigenvalue weighted by Crippen LogP contribution is -2.42. The highest BCUT2D eigenvalue weighted by molar-refractivity contribution is 7.89. The molecule has 1 heterocycles. The Labute approximate surface area is 134 Å². The van der Waals surface area contributed by atoms with Crippen molar-refractivity contribution < 1.29 is 8.42 Å². The van der Waals surface area contributed by atoms with Crippen molar-refractivity contribution in [2.24, 2.45) is 0 Å². The average molecular weight is 333 g/mol. The van der Waals surface area contributed by atoms with Gasteiger partial charge in [0.05, 0.1) is 4.90 Å². The summed E-state index contributed by atoms with van der Waals surface area (Å²) in [4.78, 5) is 0.456. The number of nitrogens with one attached hydrogen (secondary N) is 1. The molecule has 2 rings (SSSR count). The third-order valence-electron chi connectivity index (χ3n) is 3.82. The highest BCUT2D eigenvalue weighted by atomic mass is 35.5. The van der Waals surface area contributed by atoms with Crippen molar-refractivity contribution in [2.75, 3.05) is 19.6 Å². The second-order valence-corrected chi connectivity index (χ2v) is 7.39. The topological polar surface area (TPSA) is 49.4 Å². The maximum absolute atomic E-state index is 13.0. The highest BCUT2D eigenvalue weighted by Crippen LogP contribution is 2.25. The van der Waals surface area contributed by atoms with Gasteiger partial charge in [-0.1, -0.05) is 19.1 Å². The first-order chi connectivity index (χ1) is 9.46. The van der Waals surface area contributed by atoms with Gasteiger partial charge in [0.25, 0.3) is 0 Å². The number of rotatable bonds is 5. The molecule has 1 aromatic carbocycles. The molecular formula is C15H25ClN2O2S. The van der Waals surface area contributed by atoms with Crippen molar-refractivity contribution in [1.29, 1.82) is 0 Å². The van der Waals surface area contributed by atoms with Gasteiger partial charge in [0.2, 0.25) is 10.0 Å². The van der Waals surface area contributed by atoms with Crippen molar-refractivity contribution in [3.05, 3.63) is 29.3 Å². The first-order valence-corrected chi connectivity index (χ1v) is 8.70. The molecular weight excluding hydrogens is 308 g/mol. The van der Waals surface area contributed by atoms with E-state index in [1.54, 1.807) is 10.4 Å². The van der Waals surface area contributed by atoms with E-state index in [1.165, 1.54) is 0 Å². The molecule has 1 unspecified atom stereocenters. The highest BCUT2D eigenvalue weighted by Gasteiger charge is 2.33. The Morgan fingerprint density at radius 2 is 2.05 bits per heavy atom. The largest absolute Gasteiger partial charge is 0.315 e. The summed E-state index contributed by atoms with van der Waals surface area (Å²) in [6, 6.07) is 5.71. The van der Waals surface area contributed by atoms with Gasteiger partial charge in [-0.05, 0) is 50.4 Å².